The average Bonchev–Trinajstić information content (AvgIpc) is 2.09. The van der Waals surface area contributed by atoms with Crippen molar-refractivity contribution in [2.75, 3.05) is 6.54 Å². The van der Waals surface area contributed by atoms with Crippen molar-refractivity contribution in [2.24, 2.45) is 5.92 Å². The van der Waals surface area contributed by atoms with Crippen LogP contribution in [0.5, 0.6) is 0 Å². The third kappa shape index (κ3) is 9.34. The second-order valence-electron chi connectivity index (χ2n) is 3.65. The summed E-state index contributed by atoms with van der Waals surface area (Å²) in [6.45, 7) is 7.04. The molecule has 0 saturated carbocycles. The Morgan fingerprint density at radius 1 is 1.46 bits per heavy atom. The van der Waals surface area contributed by atoms with Crippen molar-refractivity contribution >= 4 is 5.97 Å². The topological polar surface area (TPSA) is 38.3 Å². The minimum Gasteiger partial charge on any atom is -0.371 e. The molecule has 3 heteroatoms. The molecule has 0 bridgehead atoms. The quantitative estimate of drug-likeness (QED) is 0.491. The van der Waals surface area contributed by atoms with Gasteiger partial charge >= 0.3 is 5.97 Å². The SMILES string of the molecule is CCCCNOC(=O)CCC(C)C. The second kappa shape index (κ2) is 8.05. The summed E-state index contributed by atoms with van der Waals surface area (Å²) in [5, 5.41) is 0. The number of hydrogen-bond acceptors (Lipinski definition) is 3. The van der Waals surface area contributed by atoms with Gasteiger partial charge < -0.3 is 4.84 Å². The molecule has 0 fully saturated rings. The Labute approximate surface area is 80.8 Å². The van der Waals surface area contributed by atoms with E-state index in [2.05, 4.69) is 26.3 Å². The fraction of sp³-hybridized carbons (Fsp3) is 0.900. The molecule has 0 aliphatic rings. The molecule has 0 saturated heterocycles. The lowest BCUT2D eigenvalue weighted by Gasteiger charge is -2.05. The zero-order valence-electron chi connectivity index (χ0n) is 8.93. The van der Waals surface area contributed by atoms with Crippen LogP contribution in [0.3, 0.4) is 0 Å². The number of carbonyl (C=O) groups is 1. The zero-order valence-corrected chi connectivity index (χ0v) is 8.93. The summed E-state index contributed by atoms with van der Waals surface area (Å²) in [7, 11) is 0. The molecule has 0 amide bonds. The third-order valence-corrected chi connectivity index (χ3v) is 1.74. The van der Waals surface area contributed by atoms with E-state index >= 15 is 0 Å². The first kappa shape index (κ1) is 12.4. The van der Waals surface area contributed by atoms with Gasteiger partial charge in [-0.3, -0.25) is 4.79 Å². The molecule has 0 heterocycles. The Bertz CT molecular complexity index is 135. The van der Waals surface area contributed by atoms with Gasteiger partial charge in [0, 0.05) is 13.0 Å². The molecule has 0 radical (unpaired) electrons. The van der Waals surface area contributed by atoms with E-state index in [0.717, 1.165) is 25.8 Å². The van der Waals surface area contributed by atoms with Crippen molar-refractivity contribution in [3.8, 4) is 0 Å². The summed E-state index contributed by atoms with van der Waals surface area (Å²) in [5.41, 5.74) is 2.66. The summed E-state index contributed by atoms with van der Waals surface area (Å²) in [5.74, 6) is 0.410. The van der Waals surface area contributed by atoms with Crippen LogP contribution in [0, 0.1) is 5.92 Å². The first-order valence-corrected chi connectivity index (χ1v) is 5.09. The van der Waals surface area contributed by atoms with Crippen LogP contribution >= 0.6 is 0 Å². The fourth-order valence-electron chi connectivity index (χ4n) is 0.838. The first-order valence-electron chi connectivity index (χ1n) is 5.09. The smallest absolute Gasteiger partial charge is 0.324 e. The summed E-state index contributed by atoms with van der Waals surface area (Å²) in [6.07, 6.45) is 3.55. The van der Waals surface area contributed by atoms with Gasteiger partial charge in [0.25, 0.3) is 0 Å². The van der Waals surface area contributed by atoms with Gasteiger partial charge in [0.1, 0.15) is 0 Å². The monoisotopic (exact) mass is 187 g/mol. The van der Waals surface area contributed by atoms with Crippen molar-refractivity contribution in [2.45, 2.75) is 46.5 Å². The van der Waals surface area contributed by atoms with E-state index in [0.29, 0.717) is 12.3 Å². The molecular weight excluding hydrogens is 166 g/mol. The van der Waals surface area contributed by atoms with Crippen molar-refractivity contribution in [1.82, 2.24) is 5.48 Å². The Balaban J connectivity index is 3.20. The molecule has 0 rings (SSSR count). The fourth-order valence-corrected chi connectivity index (χ4v) is 0.838. The van der Waals surface area contributed by atoms with E-state index in [9.17, 15) is 4.79 Å². The van der Waals surface area contributed by atoms with Crippen molar-refractivity contribution in [3.63, 3.8) is 0 Å². The van der Waals surface area contributed by atoms with E-state index in [-0.39, 0.29) is 5.97 Å². The second-order valence-corrected chi connectivity index (χ2v) is 3.65. The van der Waals surface area contributed by atoms with Crippen LogP contribution in [-0.4, -0.2) is 12.5 Å². The van der Waals surface area contributed by atoms with Crippen LogP contribution in [0.1, 0.15) is 46.5 Å². The van der Waals surface area contributed by atoms with Crippen LogP contribution in [0.2, 0.25) is 0 Å². The highest BCUT2D eigenvalue weighted by molar-refractivity contribution is 5.68. The standard InChI is InChI=1S/C10H21NO2/c1-4-5-8-11-13-10(12)7-6-9(2)3/h9,11H,4-8H2,1-3H3. The molecule has 3 nitrogen and oxygen atoms in total. The first-order chi connectivity index (χ1) is 6.16. The van der Waals surface area contributed by atoms with E-state index in [1.54, 1.807) is 0 Å². The highest BCUT2D eigenvalue weighted by Gasteiger charge is 2.03. The zero-order chi connectivity index (χ0) is 10.1. The molecule has 0 aromatic rings. The molecule has 78 valence electrons. The number of hydroxylamine groups is 1. The average molecular weight is 187 g/mol. The van der Waals surface area contributed by atoms with Crippen molar-refractivity contribution in [1.29, 1.82) is 0 Å². The Morgan fingerprint density at radius 2 is 2.15 bits per heavy atom. The van der Waals surface area contributed by atoms with Gasteiger partial charge in [-0.05, 0) is 18.8 Å². The van der Waals surface area contributed by atoms with Crippen LogP contribution in [-0.2, 0) is 9.63 Å². The number of nitrogens with one attached hydrogen (secondary N) is 1. The summed E-state index contributed by atoms with van der Waals surface area (Å²) in [4.78, 5) is 15.8. The third-order valence-electron chi connectivity index (χ3n) is 1.74. The molecule has 0 aromatic carbocycles. The molecule has 0 atom stereocenters. The predicted octanol–water partition coefficient (Wildman–Crippen LogP) is 2.27. The molecule has 0 aliphatic heterocycles. The molecule has 0 aliphatic carbocycles. The molecule has 0 unspecified atom stereocenters. The Morgan fingerprint density at radius 3 is 2.69 bits per heavy atom. The van der Waals surface area contributed by atoms with Crippen LogP contribution < -0.4 is 5.48 Å². The van der Waals surface area contributed by atoms with Crippen LogP contribution in [0.4, 0.5) is 0 Å². The van der Waals surface area contributed by atoms with Crippen molar-refractivity contribution < 1.29 is 9.63 Å². The maximum absolute atomic E-state index is 11.0. The van der Waals surface area contributed by atoms with Crippen molar-refractivity contribution in [3.05, 3.63) is 0 Å². The molecular formula is C10H21NO2. The maximum Gasteiger partial charge on any atom is 0.324 e. The van der Waals surface area contributed by atoms with Gasteiger partial charge in [-0.25, -0.2) is 0 Å². The van der Waals surface area contributed by atoms with E-state index in [1.165, 1.54) is 0 Å². The normalized spacial score (nSPS) is 10.5. The summed E-state index contributed by atoms with van der Waals surface area (Å²) < 4.78 is 0. The van der Waals surface area contributed by atoms with E-state index in [1.807, 2.05) is 0 Å². The molecule has 1 N–H and O–H groups in total. The lowest BCUT2D eigenvalue weighted by Crippen LogP contribution is -2.21. The number of rotatable bonds is 7. The highest BCUT2D eigenvalue weighted by Crippen LogP contribution is 2.03. The van der Waals surface area contributed by atoms with E-state index < -0.39 is 0 Å². The van der Waals surface area contributed by atoms with Gasteiger partial charge in [0.05, 0.1) is 0 Å². The molecule has 0 aromatic heterocycles. The van der Waals surface area contributed by atoms with E-state index in [4.69, 9.17) is 4.84 Å². The number of unbranched alkanes of at least 4 members (excludes halogenated alkanes) is 1. The van der Waals surface area contributed by atoms with Gasteiger partial charge in [0.15, 0.2) is 0 Å². The maximum atomic E-state index is 11.0. The predicted molar refractivity (Wildman–Crippen MR) is 53.1 cm³/mol. The van der Waals surface area contributed by atoms with Crippen LogP contribution in [0.25, 0.3) is 0 Å². The highest BCUT2D eigenvalue weighted by atomic mass is 16.7. The van der Waals surface area contributed by atoms with Gasteiger partial charge in [-0.2, -0.15) is 5.48 Å². The Hall–Kier alpha value is -0.570. The minimum atomic E-state index is -0.148. The largest absolute Gasteiger partial charge is 0.371 e. The minimum absolute atomic E-state index is 0.148. The Kier molecular flexibility index (Phi) is 7.69. The van der Waals surface area contributed by atoms with Crippen LogP contribution in [0.15, 0.2) is 0 Å². The number of carbonyl (C=O) groups excluding carboxylic acids is 1. The number of hydrogen-bond donors (Lipinski definition) is 1. The van der Waals surface area contributed by atoms with Gasteiger partial charge in [-0.1, -0.05) is 27.2 Å². The lowest BCUT2D eigenvalue weighted by molar-refractivity contribution is -0.151. The molecule has 0 spiro atoms. The van der Waals surface area contributed by atoms with Gasteiger partial charge in [-0.15, -0.1) is 0 Å². The van der Waals surface area contributed by atoms with Gasteiger partial charge in [0.2, 0.25) is 0 Å². The molecule has 13 heavy (non-hydrogen) atoms. The summed E-state index contributed by atoms with van der Waals surface area (Å²) >= 11 is 0. The summed E-state index contributed by atoms with van der Waals surface area (Å²) in [6, 6.07) is 0. The lowest BCUT2D eigenvalue weighted by atomic mass is 10.1.